The van der Waals surface area contributed by atoms with Gasteiger partial charge in [-0.15, -0.1) is 0 Å². The molecule has 3 rings (SSSR count). The number of hydrogen-bond acceptors (Lipinski definition) is 4. The fourth-order valence-electron chi connectivity index (χ4n) is 3.29. The van der Waals surface area contributed by atoms with E-state index in [1.54, 1.807) is 6.92 Å². The zero-order chi connectivity index (χ0) is 21.0. The number of carbonyl (C=O) groups is 1. The number of pyridine rings is 1. The van der Waals surface area contributed by atoms with Crippen LogP contribution in [0.3, 0.4) is 0 Å². The minimum absolute atomic E-state index is 0.0752. The SMILES string of the molecule is CC(NC(=O)c1ccc(Cl)c(S(=O)(=O)N2CCCCCC2)c1)c1cncc(F)c1. The predicted octanol–water partition coefficient (Wildman–Crippen LogP) is 3.93. The molecular weight excluding hydrogens is 417 g/mol. The lowest BCUT2D eigenvalue weighted by molar-refractivity contribution is 0.0939. The van der Waals surface area contributed by atoms with E-state index in [2.05, 4.69) is 10.3 Å². The first-order chi connectivity index (χ1) is 13.8. The van der Waals surface area contributed by atoms with Crippen molar-refractivity contribution in [3.63, 3.8) is 0 Å². The lowest BCUT2D eigenvalue weighted by atomic mass is 10.1. The summed E-state index contributed by atoms with van der Waals surface area (Å²) in [5, 5.41) is 2.81. The van der Waals surface area contributed by atoms with Crippen molar-refractivity contribution in [3.8, 4) is 0 Å². The van der Waals surface area contributed by atoms with Gasteiger partial charge in [-0.3, -0.25) is 9.78 Å². The number of rotatable bonds is 5. The standard InChI is InChI=1S/C20H23ClFN3O3S/c1-14(16-10-17(22)13-23-12-16)24-20(26)15-6-7-18(21)19(11-15)29(27,28)25-8-4-2-3-5-9-25/h6-7,10-14H,2-5,8-9H2,1H3,(H,24,26). The second kappa shape index (κ2) is 9.19. The van der Waals surface area contributed by atoms with Gasteiger partial charge in [0.1, 0.15) is 10.7 Å². The number of aromatic nitrogens is 1. The topological polar surface area (TPSA) is 79.4 Å². The van der Waals surface area contributed by atoms with E-state index in [4.69, 9.17) is 11.6 Å². The lowest BCUT2D eigenvalue weighted by Gasteiger charge is -2.21. The number of sulfonamides is 1. The van der Waals surface area contributed by atoms with Gasteiger partial charge in [0.2, 0.25) is 10.0 Å². The molecule has 0 aliphatic carbocycles. The molecule has 1 aromatic heterocycles. The zero-order valence-electron chi connectivity index (χ0n) is 16.1. The lowest BCUT2D eigenvalue weighted by Crippen LogP contribution is -2.32. The van der Waals surface area contributed by atoms with Gasteiger partial charge in [-0.2, -0.15) is 4.31 Å². The Labute approximate surface area is 175 Å². The summed E-state index contributed by atoms with van der Waals surface area (Å²) in [5.41, 5.74) is 0.670. The number of nitrogens with one attached hydrogen (secondary N) is 1. The first-order valence-electron chi connectivity index (χ1n) is 9.50. The maximum Gasteiger partial charge on any atom is 0.251 e. The summed E-state index contributed by atoms with van der Waals surface area (Å²) in [6.45, 7) is 2.58. The van der Waals surface area contributed by atoms with Gasteiger partial charge in [0, 0.05) is 24.8 Å². The Morgan fingerprint density at radius 2 is 1.86 bits per heavy atom. The second-order valence-corrected chi connectivity index (χ2v) is 9.41. The highest BCUT2D eigenvalue weighted by atomic mass is 35.5. The highest BCUT2D eigenvalue weighted by Crippen LogP contribution is 2.28. The normalized spacial score (nSPS) is 16.8. The Morgan fingerprint density at radius 3 is 2.52 bits per heavy atom. The number of halogens is 2. The van der Waals surface area contributed by atoms with Crippen molar-refractivity contribution < 1.29 is 17.6 Å². The highest BCUT2D eigenvalue weighted by Gasteiger charge is 2.28. The molecule has 1 aliphatic rings. The monoisotopic (exact) mass is 439 g/mol. The molecule has 1 saturated heterocycles. The molecule has 29 heavy (non-hydrogen) atoms. The number of carbonyl (C=O) groups excluding carboxylic acids is 1. The van der Waals surface area contributed by atoms with Crippen LogP contribution in [0, 0.1) is 5.82 Å². The summed E-state index contributed by atoms with van der Waals surface area (Å²) in [4.78, 5) is 16.4. The number of amides is 1. The van der Waals surface area contributed by atoms with E-state index in [0.717, 1.165) is 31.9 Å². The van der Waals surface area contributed by atoms with Crippen LogP contribution in [-0.4, -0.2) is 36.7 Å². The largest absolute Gasteiger partial charge is 0.345 e. The van der Waals surface area contributed by atoms with Crippen LogP contribution >= 0.6 is 11.6 Å². The van der Waals surface area contributed by atoms with Crippen molar-refractivity contribution in [2.24, 2.45) is 0 Å². The summed E-state index contributed by atoms with van der Waals surface area (Å²) in [6, 6.07) is 4.96. The minimum atomic E-state index is -3.80. The van der Waals surface area contributed by atoms with Crippen LogP contribution in [0.15, 0.2) is 41.6 Å². The summed E-state index contributed by atoms with van der Waals surface area (Å²) >= 11 is 6.18. The fraction of sp³-hybridized carbons (Fsp3) is 0.400. The maximum atomic E-state index is 13.4. The van der Waals surface area contributed by atoms with Crippen LogP contribution in [0.25, 0.3) is 0 Å². The third-order valence-corrected chi connectivity index (χ3v) is 7.33. The molecule has 1 aromatic carbocycles. The Bertz CT molecular complexity index is 992. The molecular formula is C20H23ClFN3O3S. The molecule has 156 valence electrons. The van der Waals surface area contributed by atoms with Crippen LogP contribution in [0.4, 0.5) is 4.39 Å². The van der Waals surface area contributed by atoms with Gasteiger partial charge >= 0.3 is 0 Å². The smallest absolute Gasteiger partial charge is 0.251 e. The number of benzene rings is 1. The molecule has 1 aliphatic heterocycles. The van der Waals surface area contributed by atoms with Gasteiger partial charge in [-0.1, -0.05) is 24.4 Å². The first-order valence-corrected chi connectivity index (χ1v) is 11.3. The number of nitrogens with zero attached hydrogens (tertiary/aromatic N) is 2. The fourth-order valence-corrected chi connectivity index (χ4v) is 5.31. The van der Waals surface area contributed by atoms with E-state index in [1.807, 2.05) is 0 Å². The summed E-state index contributed by atoms with van der Waals surface area (Å²) in [7, 11) is -3.80. The molecule has 9 heteroatoms. The van der Waals surface area contributed by atoms with Crippen LogP contribution in [0.1, 0.15) is 54.6 Å². The average molecular weight is 440 g/mol. The van der Waals surface area contributed by atoms with Crippen LogP contribution in [0.2, 0.25) is 5.02 Å². The van der Waals surface area contributed by atoms with Gasteiger partial charge in [0.05, 0.1) is 17.3 Å². The Balaban J connectivity index is 1.83. The van der Waals surface area contributed by atoms with E-state index in [1.165, 1.54) is 34.8 Å². The summed E-state index contributed by atoms with van der Waals surface area (Å²) in [6.07, 6.45) is 6.14. The van der Waals surface area contributed by atoms with Crippen molar-refractivity contribution in [3.05, 3.63) is 58.6 Å². The maximum absolute atomic E-state index is 13.4. The Hall–Kier alpha value is -2.03. The third kappa shape index (κ3) is 5.12. The minimum Gasteiger partial charge on any atom is -0.345 e. The number of hydrogen-bond donors (Lipinski definition) is 1. The van der Waals surface area contributed by atoms with E-state index >= 15 is 0 Å². The molecule has 2 aromatic rings. The van der Waals surface area contributed by atoms with E-state index in [0.29, 0.717) is 18.7 Å². The molecule has 0 spiro atoms. The molecule has 1 fully saturated rings. The summed E-state index contributed by atoms with van der Waals surface area (Å²) in [5.74, 6) is -0.980. The quantitative estimate of drug-likeness (QED) is 0.765. The van der Waals surface area contributed by atoms with E-state index in [9.17, 15) is 17.6 Å². The van der Waals surface area contributed by atoms with Gasteiger partial charge in [-0.05, 0) is 49.6 Å². The van der Waals surface area contributed by atoms with Crippen molar-refractivity contribution >= 4 is 27.5 Å². The Kier molecular flexibility index (Phi) is 6.87. The second-order valence-electron chi connectivity index (χ2n) is 7.10. The molecule has 1 amide bonds. The molecule has 2 heterocycles. The van der Waals surface area contributed by atoms with E-state index in [-0.39, 0.29) is 15.5 Å². The van der Waals surface area contributed by atoms with Gasteiger partial charge < -0.3 is 5.32 Å². The molecule has 0 radical (unpaired) electrons. The highest BCUT2D eigenvalue weighted by molar-refractivity contribution is 7.89. The van der Waals surface area contributed by atoms with Crippen molar-refractivity contribution in [1.82, 2.24) is 14.6 Å². The van der Waals surface area contributed by atoms with Gasteiger partial charge in [0.15, 0.2) is 0 Å². The zero-order valence-corrected chi connectivity index (χ0v) is 17.6. The van der Waals surface area contributed by atoms with Gasteiger partial charge in [-0.25, -0.2) is 12.8 Å². The van der Waals surface area contributed by atoms with Crippen LogP contribution in [0.5, 0.6) is 0 Å². The molecule has 1 atom stereocenters. The van der Waals surface area contributed by atoms with Crippen LogP contribution < -0.4 is 5.32 Å². The van der Waals surface area contributed by atoms with Crippen molar-refractivity contribution in [2.45, 2.75) is 43.5 Å². The Morgan fingerprint density at radius 1 is 1.17 bits per heavy atom. The molecule has 0 bridgehead atoms. The molecule has 1 unspecified atom stereocenters. The van der Waals surface area contributed by atoms with Gasteiger partial charge in [0.25, 0.3) is 5.91 Å². The third-order valence-electron chi connectivity index (χ3n) is 4.95. The molecule has 6 nitrogen and oxygen atoms in total. The van der Waals surface area contributed by atoms with Crippen molar-refractivity contribution in [1.29, 1.82) is 0 Å². The predicted molar refractivity (Wildman–Crippen MR) is 109 cm³/mol. The average Bonchev–Trinajstić information content (AvgIpc) is 2.98. The summed E-state index contributed by atoms with van der Waals surface area (Å²) < 4.78 is 40.9. The van der Waals surface area contributed by atoms with E-state index < -0.39 is 27.8 Å². The van der Waals surface area contributed by atoms with Crippen LogP contribution in [-0.2, 0) is 10.0 Å². The molecule has 1 N–H and O–H groups in total. The van der Waals surface area contributed by atoms with Crippen molar-refractivity contribution in [2.75, 3.05) is 13.1 Å². The molecule has 0 saturated carbocycles. The first kappa shape index (κ1) is 21.7.